The molecule has 29 heavy (non-hydrogen) atoms. The van der Waals surface area contributed by atoms with Crippen molar-refractivity contribution in [1.29, 1.82) is 0 Å². The van der Waals surface area contributed by atoms with Crippen molar-refractivity contribution in [2.24, 2.45) is 17.8 Å². The monoisotopic (exact) mass is 404 g/mol. The Morgan fingerprint density at radius 1 is 1.00 bits per heavy atom. The second-order valence-corrected chi connectivity index (χ2v) is 8.85. The number of carbonyl (C=O) groups excluding carboxylic acids is 1. The van der Waals surface area contributed by atoms with Crippen LogP contribution < -0.4 is 0 Å². The van der Waals surface area contributed by atoms with Crippen molar-refractivity contribution in [3.63, 3.8) is 0 Å². The van der Waals surface area contributed by atoms with Crippen LogP contribution in [0.4, 0.5) is 8.78 Å². The van der Waals surface area contributed by atoms with Crippen LogP contribution in [0.3, 0.4) is 0 Å². The van der Waals surface area contributed by atoms with E-state index in [1.54, 1.807) is 0 Å². The smallest absolute Gasteiger partial charge is 0.338 e. The molecule has 1 aromatic carbocycles. The number of halogens is 2. The van der Waals surface area contributed by atoms with Crippen molar-refractivity contribution in [3.05, 3.63) is 47.5 Å². The predicted molar refractivity (Wildman–Crippen MR) is 112 cm³/mol. The summed E-state index contributed by atoms with van der Waals surface area (Å²) in [5.41, 5.74) is 0.0822. The highest BCUT2D eigenvalue weighted by Crippen LogP contribution is 2.41. The van der Waals surface area contributed by atoms with Crippen molar-refractivity contribution in [2.45, 2.75) is 83.7 Å². The summed E-state index contributed by atoms with van der Waals surface area (Å²) in [7, 11) is 0. The molecule has 0 saturated heterocycles. The molecule has 160 valence electrons. The second-order valence-electron chi connectivity index (χ2n) is 8.85. The minimum absolute atomic E-state index is 0.0822. The van der Waals surface area contributed by atoms with Gasteiger partial charge in [0.05, 0.1) is 5.56 Å². The molecule has 0 atom stereocenters. The molecule has 2 fully saturated rings. The minimum atomic E-state index is -1.01. The van der Waals surface area contributed by atoms with Crippen LogP contribution in [-0.2, 0) is 4.74 Å². The highest BCUT2D eigenvalue weighted by Gasteiger charge is 2.32. The third-order valence-corrected chi connectivity index (χ3v) is 6.92. The normalized spacial score (nSPS) is 27.8. The highest BCUT2D eigenvalue weighted by atomic mass is 19.2. The van der Waals surface area contributed by atoms with Gasteiger partial charge in [0, 0.05) is 0 Å². The molecule has 0 amide bonds. The van der Waals surface area contributed by atoms with E-state index in [-0.39, 0.29) is 11.7 Å². The summed E-state index contributed by atoms with van der Waals surface area (Å²) in [6.45, 7) is 2.09. The van der Waals surface area contributed by atoms with E-state index in [9.17, 15) is 13.6 Å². The lowest BCUT2D eigenvalue weighted by molar-refractivity contribution is 0.0109. The molecule has 0 N–H and O–H groups in total. The first-order valence-corrected chi connectivity index (χ1v) is 11.3. The first kappa shape index (κ1) is 22.0. The maximum atomic E-state index is 13.3. The zero-order chi connectivity index (χ0) is 20.6. The van der Waals surface area contributed by atoms with Gasteiger partial charge in [-0.1, -0.05) is 31.4 Å². The summed E-state index contributed by atoms with van der Waals surface area (Å²) < 4.78 is 31.9. The number of hydrogen-bond donors (Lipinski definition) is 0. The van der Waals surface area contributed by atoms with Crippen LogP contribution >= 0.6 is 0 Å². The molecule has 0 unspecified atom stereocenters. The molecule has 0 aliphatic heterocycles. The van der Waals surface area contributed by atoms with Crippen LogP contribution in [0.1, 0.15) is 87.9 Å². The molecular formula is C25H34F2O2. The molecule has 2 saturated carbocycles. The number of hydrogen-bond acceptors (Lipinski definition) is 2. The minimum Gasteiger partial charge on any atom is -0.459 e. The van der Waals surface area contributed by atoms with Gasteiger partial charge in [0.1, 0.15) is 6.10 Å². The molecule has 4 heteroatoms. The third-order valence-electron chi connectivity index (χ3n) is 6.92. The SMILES string of the molecule is C/C=C\CCCC1CCC(C2CCC(OC(=O)c3ccc(F)c(F)c3)CC2)CC1. The lowest BCUT2D eigenvalue weighted by Gasteiger charge is -2.37. The Hall–Kier alpha value is -1.71. The number of carbonyl (C=O) groups is 1. The van der Waals surface area contributed by atoms with Gasteiger partial charge in [-0.2, -0.15) is 0 Å². The maximum Gasteiger partial charge on any atom is 0.338 e. The molecule has 0 bridgehead atoms. The molecule has 2 aliphatic rings. The molecule has 2 nitrogen and oxygen atoms in total. The van der Waals surface area contributed by atoms with Crippen LogP contribution in [-0.4, -0.2) is 12.1 Å². The lowest BCUT2D eigenvalue weighted by Crippen LogP contribution is -2.29. The standard InChI is InChI=1S/C25H34F2O2/c1-2-3-4-5-6-18-7-9-19(10-8-18)20-11-14-22(15-12-20)29-25(28)21-13-16-23(26)24(27)17-21/h2-3,13,16-20,22H,4-12,14-15H2,1H3/b3-2-. The fraction of sp³-hybridized carbons (Fsp3) is 0.640. The van der Waals surface area contributed by atoms with E-state index in [0.717, 1.165) is 55.6 Å². The summed E-state index contributed by atoms with van der Waals surface area (Å²) >= 11 is 0. The molecule has 0 heterocycles. The highest BCUT2D eigenvalue weighted by molar-refractivity contribution is 5.89. The average Bonchev–Trinajstić information content (AvgIpc) is 2.74. The lowest BCUT2D eigenvalue weighted by atomic mass is 9.70. The Labute approximate surface area is 173 Å². The topological polar surface area (TPSA) is 26.3 Å². The molecule has 0 spiro atoms. The van der Waals surface area contributed by atoms with E-state index in [4.69, 9.17) is 4.74 Å². The molecule has 2 aliphatic carbocycles. The first-order chi connectivity index (χ1) is 14.1. The summed E-state index contributed by atoms with van der Waals surface area (Å²) in [6.07, 6.45) is 17.6. The van der Waals surface area contributed by atoms with Gasteiger partial charge >= 0.3 is 5.97 Å². The summed E-state index contributed by atoms with van der Waals surface area (Å²) in [5, 5.41) is 0. The van der Waals surface area contributed by atoms with E-state index < -0.39 is 17.6 Å². The third kappa shape index (κ3) is 6.38. The van der Waals surface area contributed by atoms with Gasteiger partial charge in [0.25, 0.3) is 0 Å². The van der Waals surface area contributed by atoms with E-state index >= 15 is 0 Å². The number of rotatable bonds is 7. The van der Waals surface area contributed by atoms with E-state index in [1.165, 1.54) is 51.0 Å². The van der Waals surface area contributed by atoms with Gasteiger partial charge in [-0.05, 0) is 94.2 Å². The molecule has 0 aromatic heterocycles. The van der Waals surface area contributed by atoms with Crippen molar-refractivity contribution < 1.29 is 18.3 Å². The van der Waals surface area contributed by atoms with Gasteiger partial charge in [0.2, 0.25) is 0 Å². The summed E-state index contributed by atoms with van der Waals surface area (Å²) in [5.74, 6) is -0.0346. The van der Waals surface area contributed by atoms with E-state index in [1.807, 2.05) is 0 Å². The Morgan fingerprint density at radius 3 is 2.28 bits per heavy atom. The molecular weight excluding hydrogens is 370 g/mol. The largest absolute Gasteiger partial charge is 0.459 e. The van der Waals surface area contributed by atoms with E-state index in [2.05, 4.69) is 19.1 Å². The van der Waals surface area contributed by atoms with Crippen molar-refractivity contribution >= 4 is 5.97 Å². The number of esters is 1. The van der Waals surface area contributed by atoms with Crippen LogP contribution in [0.25, 0.3) is 0 Å². The number of ether oxygens (including phenoxy) is 1. The second kappa shape index (κ2) is 10.9. The number of unbranched alkanes of at least 4 members (excludes halogenated alkanes) is 1. The molecule has 0 radical (unpaired) electrons. The fourth-order valence-corrected chi connectivity index (χ4v) is 5.16. The van der Waals surface area contributed by atoms with Crippen LogP contribution in [0.5, 0.6) is 0 Å². The number of allylic oxidation sites excluding steroid dienone is 2. The predicted octanol–water partition coefficient (Wildman–Crippen LogP) is 7.23. The quantitative estimate of drug-likeness (QED) is 0.272. The van der Waals surface area contributed by atoms with E-state index in [0.29, 0.717) is 0 Å². The molecule has 3 rings (SSSR count). The van der Waals surface area contributed by atoms with Crippen molar-refractivity contribution in [2.75, 3.05) is 0 Å². The van der Waals surface area contributed by atoms with Gasteiger partial charge in [-0.3, -0.25) is 0 Å². The first-order valence-electron chi connectivity index (χ1n) is 11.3. The van der Waals surface area contributed by atoms with Crippen LogP contribution in [0, 0.1) is 29.4 Å². The molecule has 1 aromatic rings. The van der Waals surface area contributed by atoms with Crippen LogP contribution in [0.2, 0.25) is 0 Å². The zero-order valence-electron chi connectivity index (χ0n) is 17.5. The fourth-order valence-electron chi connectivity index (χ4n) is 5.16. The van der Waals surface area contributed by atoms with Gasteiger partial charge < -0.3 is 4.74 Å². The summed E-state index contributed by atoms with van der Waals surface area (Å²) in [6, 6.07) is 3.17. The van der Waals surface area contributed by atoms with Crippen LogP contribution in [0.15, 0.2) is 30.4 Å². The van der Waals surface area contributed by atoms with Crippen molar-refractivity contribution in [1.82, 2.24) is 0 Å². The van der Waals surface area contributed by atoms with Gasteiger partial charge in [-0.15, -0.1) is 0 Å². The Kier molecular flexibility index (Phi) is 8.26. The maximum absolute atomic E-state index is 13.3. The average molecular weight is 405 g/mol. The zero-order valence-corrected chi connectivity index (χ0v) is 17.5. The van der Waals surface area contributed by atoms with Gasteiger partial charge in [0.15, 0.2) is 11.6 Å². The van der Waals surface area contributed by atoms with Crippen molar-refractivity contribution in [3.8, 4) is 0 Å². The van der Waals surface area contributed by atoms with Gasteiger partial charge in [-0.25, -0.2) is 13.6 Å². The summed E-state index contributed by atoms with van der Waals surface area (Å²) in [4.78, 5) is 12.2. The Morgan fingerprint density at radius 2 is 1.66 bits per heavy atom. The number of benzene rings is 1. The Bertz CT molecular complexity index is 684. The Balaban J connectivity index is 1.37.